The van der Waals surface area contributed by atoms with E-state index in [-0.39, 0.29) is 51.6 Å². The fraction of sp³-hybridized carbons (Fsp3) is 0.845. The topological polar surface area (TPSA) is 172 Å². The lowest BCUT2D eigenvalue weighted by molar-refractivity contribution is -0.231. The molecule has 1 aromatic carbocycles. The molecule has 1 heterocycles. The highest BCUT2D eigenvalue weighted by molar-refractivity contribution is 9.10. The number of hydrogen-bond donors (Lipinski definition) is 1. The van der Waals surface area contributed by atoms with Gasteiger partial charge in [-0.1, -0.05) is 210 Å². The number of phosphoric acid groups is 1. The second-order valence-corrected chi connectivity index (χ2v) is 22.4. The number of esters is 3. The standard InChI is InChI=1S/C58H102BrO14P/c1-4-7-9-11-13-15-17-19-21-23-25-27-29-31-33-37-56(61)68-48-52(73-57(62)38-34-32-30-28-26-24-22-20-18-16-14-12-10-8-5-2)49-72-74(63,64)71-44-35-39-55(60)67-43-36-42-66-51-46-69-58(70-47-51)53-45-50(65-6-3)40-41-54(53)59/h40-41,45,51-52,58H,4-39,42-44,46-49H2,1-3H3,(H,63,64). The highest BCUT2D eigenvalue weighted by Gasteiger charge is 2.28. The van der Waals surface area contributed by atoms with Crippen molar-refractivity contribution in [2.45, 2.75) is 264 Å². The summed E-state index contributed by atoms with van der Waals surface area (Å²) in [5.41, 5.74) is 0.836. The molecule has 1 aromatic rings. The van der Waals surface area contributed by atoms with Gasteiger partial charge in [-0.3, -0.25) is 23.4 Å². The van der Waals surface area contributed by atoms with Crippen LogP contribution in [0, 0.1) is 0 Å². The lowest BCUT2D eigenvalue weighted by Crippen LogP contribution is -2.34. The van der Waals surface area contributed by atoms with Gasteiger partial charge in [-0.05, 0) is 44.4 Å². The van der Waals surface area contributed by atoms with E-state index in [0.717, 1.165) is 54.3 Å². The van der Waals surface area contributed by atoms with Gasteiger partial charge in [0.1, 0.15) is 18.5 Å². The van der Waals surface area contributed by atoms with Gasteiger partial charge in [-0.2, -0.15) is 0 Å². The molecule has 74 heavy (non-hydrogen) atoms. The Balaban J connectivity index is 1.64. The average Bonchev–Trinajstić information content (AvgIpc) is 3.39. The molecule has 2 unspecified atom stereocenters. The number of benzene rings is 1. The van der Waals surface area contributed by atoms with Gasteiger partial charge in [0.15, 0.2) is 12.4 Å². The van der Waals surface area contributed by atoms with E-state index in [4.69, 9.17) is 42.2 Å². The Kier molecular flexibility index (Phi) is 43.1. The molecule has 14 nitrogen and oxygen atoms in total. The van der Waals surface area contributed by atoms with Crippen LogP contribution in [0.1, 0.15) is 257 Å². The minimum Gasteiger partial charge on any atom is -0.494 e. The van der Waals surface area contributed by atoms with E-state index in [1.807, 2.05) is 25.1 Å². The molecule has 1 saturated heterocycles. The van der Waals surface area contributed by atoms with Gasteiger partial charge >= 0.3 is 25.7 Å². The summed E-state index contributed by atoms with van der Waals surface area (Å²) in [6, 6.07) is 5.66. The smallest absolute Gasteiger partial charge is 0.472 e. The quantitative estimate of drug-likeness (QED) is 0.0283. The summed E-state index contributed by atoms with van der Waals surface area (Å²) in [4.78, 5) is 48.3. The van der Waals surface area contributed by atoms with Crippen LogP contribution in [0.2, 0.25) is 0 Å². The van der Waals surface area contributed by atoms with Crippen molar-refractivity contribution in [2.24, 2.45) is 0 Å². The molecular formula is C58H102BrO14P. The normalized spacial score (nSPS) is 15.9. The fourth-order valence-electron chi connectivity index (χ4n) is 8.80. The summed E-state index contributed by atoms with van der Waals surface area (Å²) in [7, 11) is -4.60. The lowest BCUT2D eigenvalue weighted by Gasteiger charge is -2.30. The first kappa shape index (κ1) is 68.0. The molecule has 0 aromatic heterocycles. The number of carbonyl (C=O) groups is 3. The van der Waals surface area contributed by atoms with E-state index in [1.54, 1.807) is 0 Å². The van der Waals surface area contributed by atoms with Crippen molar-refractivity contribution in [3.05, 3.63) is 28.2 Å². The Labute approximate surface area is 456 Å². The second-order valence-electron chi connectivity index (χ2n) is 20.1. The van der Waals surface area contributed by atoms with Crippen LogP contribution in [0.25, 0.3) is 0 Å². The molecule has 0 saturated carbocycles. The number of rotatable bonds is 51. The Morgan fingerprint density at radius 2 is 1.03 bits per heavy atom. The summed E-state index contributed by atoms with van der Waals surface area (Å²) >= 11 is 3.55. The second kappa shape index (κ2) is 46.9. The number of phosphoric ester groups is 1. The number of carbonyl (C=O) groups excluding carboxylic acids is 3. The van der Waals surface area contributed by atoms with Crippen LogP contribution >= 0.6 is 23.8 Å². The van der Waals surface area contributed by atoms with Crippen LogP contribution in [-0.2, 0) is 56.4 Å². The van der Waals surface area contributed by atoms with Crippen LogP contribution in [-0.4, -0.2) is 87.9 Å². The Bertz CT molecular complexity index is 1580. The first-order chi connectivity index (χ1) is 36.1. The van der Waals surface area contributed by atoms with Crippen molar-refractivity contribution in [2.75, 3.05) is 52.9 Å². The van der Waals surface area contributed by atoms with Crippen LogP contribution < -0.4 is 4.74 Å². The third kappa shape index (κ3) is 38.4. The number of unbranched alkanes of at least 4 members (excludes halogenated alkanes) is 28. The molecule has 0 aliphatic carbocycles. The van der Waals surface area contributed by atoms with Gasteiger partial charge in [-0.25, -0.2) is 4.57 Å². The largest absolute Gasteiger partial charge is 0.494 e. The molecule has 0 amide bonds. The van der Waals surface area contributed by atoms with Crippen LogP contribution in [0.4, 0.5) is 0 Å². The lowest BCUT2D eigenvalue weighted by atomic mass is 10.0. The predicted octanol–water partition coefficient (Wildman–Crippen LogP) is 16.1. The SMILES string of the molecule is CCCCCCCCCCCCCCCCCC(=O)OCC(COP(=O)(O)OCCCC(=O)OCCCOC1COC(c2cc(OCC)ccc2Br)OC1)OC(=O)CCCCCCCCCCCCCCCCC. The third-order valence-corrected chi connectivity index (χ3v) is 14.9. The van der Waals surface area contributed by atoms with Gasteiger partial charge < -0.3 is 38.1 Å². The van der Waals surface area contributed by atoms with Gasteiger partial charge in [0.25, 0.3) is 0 Å². The summed E-state index contributed by atoms with van der Waals surface area (Å²) in [5.74, 6) is -0.646. The van der Waals surface area contributed by atoms with E-state index in [9.17, 15) is 23.8 Å². The minimum absolute atomic E-state index is 0.0402. The van der Waals surface area contributed by atoms with Crippen molar-refractivity contribution >= 4 is 41.7 Å². The Hall–Kier alpha value is -2.10. The molecule has 1 N–H and O–H groups in total. The van der Waals surface area contributed by atoms with Crippen molar-refractivity contribution in [3.63, 3.8) is 0 Å². The van der Waals surface area contributed by atoms with Crippen molar-refractivity contribution in [1.82, 2.24) is 0 Å². The number of halogens is 1. The summed E-state index contributed by atoms with van der Waals surface area (Å²) in [5, 5.41) is 0. The maximum Gasteiger partial charge on any atom is 0.472 e. The predicted molar refractivity (Wildman–Crippen MR) is 296 cm³/mol. The molecule has 1 aliphatic heterocycles. The zero-order valence-electron chi connectivity index (χ0n) is 46.4. The van der Waals surface area contributed by atoms with Crippen LogP contribution in [0.3, 0.4) is 0 Å². The average molecular weight is 1130 g/mol. The zero-order chi connectivity index (χ0) is 53.6. The Morgan fingerprint density at radius 1 is 0.568 bits per heavy atom. The van der Waals surface area contributed by atoms with E-state index in [1.165, 1.54) is 141 Å². The molecule has 2 atom stereocenters. The molecule has 0 spiro atoms. The summed E-state index contributed by atoms with van der Waals surface area (Å²) in [6.45, 7) is 7.08. The third-order valence-electron chi connectivity index (χ3n) is 13.2. The Morgan fingerprint density at radius 3 is 1.53 bits per heavy atom. The maximum atomic E-state index is 12.9. The van der Waals surface area contributed by atoms with Gasteiger partial charge in [0.2, 0.25) is 0 Å². The van der Waals surface area contributed by atoms with Crippen LogP contribution in [0.15, 0.2) is 22.7 Å². The van der Waals surface area contributed by atoms with E-state index >= 15 is 0 Å². The van der Waals surface area contributed by atoms with E-state index in [0.29, 0.717) is 45.7 Å². The number of ether oxygens (including phenoxy) is 7. The monoisotopic (exact) mass is 1130 g/mol. The molecule has 0 radical (unpaired) electrons. The molecular weight excluding hydrogens is 1030 g/mol. The first-order valence-corrected chi connectivity index (χ1v) is 31.7. The van der Waals surface area contributed by atoms with Crippen molar-refractivity contribution in [3.8, 4) is 5.75 Å². The highest BCUT2D eigenvalue weighted by atomic mass is 79.9. The fourth-order valence-corrected chi connectivity index (χ4v) is 10.0. The maximum absolute atomic E-state index is 12.9. The van der Waals surface area contributed by atoms with Crippen molar-refractivity contribution in [1.29, 1.82) is 0 Å². The summed E-state index contributed by atoms with van der Waals surface area (Å²) < 4.78 is 63.6. The van der Waals surface area contributed by atoms with Gasteiger partial charge in [0.05, 0.1) is 46.2 Å². The van der Waals surface area contributed by atoms with Gasteiger partial charge in [-0.15, -0.1) is 0 Å². The first-order valence-electron chi connectivity index (χ1n) is 29.5. The summed E-state index contributed by atoms with van der Waals surface area (Å²) in [6.07, 6.45) is 35.7. The molecule has 430 valence electrons. The zero-order valence-corrected chi connectivity index (χ0v) is 48.9. The molecule has 0 bridgehead atoms. The minimum atomic E-state index is -4.60. The van der Waals surface area contributed by atoms with Gasteiger partial charge in [0, 0.05) is 35.7 Å². The molecule has 1 aliphatic rings. The van der Waals surface area contributed by atoms with E-state index < -0.39 is 44.7 Å². The molecule has 1 fully saturated rings. The van der Waals surface area contributed by atoms with Crippen molar-refractivity contribution < 1.29 is 66.0 Å². The molecule has 2 rings (SSSR count). The highest BCUT2D eigenvalue weighted by Crippen LogP contribution is 2.43. The number of hydrogen-bond acceptors (Lipinski definition) is 13. The van der Waals surface area contributed by atoms with E-state index in [2.05, 4.69) is 29.8 Å². The molecule has 16 heteroatoms. The van der Waals surface area contributed by atoms with Crippen LogP contribution in [0.5, 0.6) is 5.75 Å².